The molecule has 0 radical (unpaired) electrons. The standard InChI is InChI=1S/C15H17FN4/c1-12-3-2-4-13(11-12)19-7-9-20(10-8-19)15-6-5-14(16)17-18-15/h2-6,11H,7-10H2,1H3. The maximum atomic E-state index is 12.8. The molecule has 0 atom stereocenters. The van der Waals surface area contributed by atoms with Gasteiger partial charge in [-0.2, -0.15) is 4.39 Å². The van der Waals surface area contributed by atoms with Crippen LogP contribution in [-0.4, -0.2) is 36.4 Å². The van der Waals surface area contributed by atoms with Crippen molar-refractivity contribution in [2.45, 2.75) is 6.92 Å². The van der Waals surface area contributed by atoms with E-state index >= 15 is 0 Å². The topological polar surface area (TPSA) is 32.3 Å². The first-order valence-electron chi connectivity index (χ1n) is 6.78. The minimum Gasteiger partial charge on any atom is -0.368 e. The van der Waals surface area contributed by atoms with Gasteiger partial charge in [0.1, 0.15) is 0 Å². The summed E-state index contributed by atoms with van der Waals surface area (Å²) in [5, 5.41) is 7.37. The first kappa shape index (κ1) is 12.8. The van der Waals surface area contributed by atoms with E-state index in [9.17, 15) is 4.39 Å². The van der Waals surface area contributed by atoms with Crippen LogP contribution in [0.4, 0.5) is 15.9 Å². The Morgan fingerprint density at radius 2 is 1.70 bits per heavy atom. The molecule has 0 amide bonds. The number of nitrogens with zero attached hydrogens (tertiary/aromatic N) is 4. The number of aryl methyl sites for hydroxylation is 1. The highest BCUT2D eigenvalue weighted by atomic mass is 19.1. The monoisotopic (exact) mass is 272 g/mol. The SMILES string of the molecule is Cc1cccc(N2CCN(c3ccc(F)nn3)CC2)c1. The van der Waals surface area contributed by atoms with E-state index in [0.717, 1.165) is 32.0 Å². The van der Waals surface area contributed by atoms with Gasteiger partial charge in [-0.1, -0.05) is 12.1 Å². The van der Waals surface area contributed by atoms with Gasteiger partial charge in [0.05, 0.1) is 0 Å². The third-order valence-electron chi connectivity index (χ3n) is 3.59. The van der Waals surface area contributed by atoms with Crippen molar-refractivity contribution in [2.75, 3.05) is 36.0 Å². The van der Waals surface area contributed by atoms with Crippen molar-refractivity contribution in [3.63, 3.8) is 0 Å². The molecule has 0 N–H and O–H groups in total. The van der Waals surface area contributed by atoms with Gasteiger partial charge in [0.25, 0.3) is 0 Å². The van der Waals surface area contributed by atoms with Crippen LogP contribution in [0.3, 0.4) is 0 Å². The van der Waals surface area contributed by atoms with Crippen molar-refractivity contribution in [1.82, 2.24) is 10.2 Å². The van der Waals surface area contributed by atoms with Crippen LogP contribution in [0.1, 0.15) is 5.56 Å². The number of piperazine rings is 1. The molecule has 1 fully saturated rings. The average molecular weight is 272 g/mol. The zero-order valence-electron chi connectivity index (χ0n) is 11.5. The fourth-order valence-electron chi connectivity index (χ4n) is 2.50. The first-order valence-corrected chi connectivity index (χ1v) is 6.78. The highest BCUT2D eigenvalue weighted by Gasteiger charge is 2.18. The number of benzene rings is 1. The summed E-state index contributed by atoms with van der Waals surface area (Å²) in [6.07, 6.45) is 0. The minimum atomic E-state index is -0.535. The molecule has 1 aromatic heterocycles. The number of rotatable bonds is 2. The van der Waals surface area contributed by atoms with Crippen LogP contribution in [0.2, 0.25) is 0 Å². The molecule has 0 bridgehead atoms. The largest absolute Gasteiger partial charge is 0.368 e. The molecule has 1 aliphatic rings. The Balaban J connectivity index is 1.66. The van der Waals surface area contributed by atoms with Crippen LogP contribution < -0.4 is 9.80 Å². The molecular formula is C15H17FN4. The second kappa shape index (κ2) is 5.45. The van der Waals surface area contributed by atoms with Gasteiger partial charge in [0, 0.05) is 31.9 Å². The molecule has 4 nitrogen and oxygen atoms in total. The van der Waals surface area contributed by atoms with E-state index in [2.05, 4.69) is 51.2 Å². The van der Waals surface area contributed by atoms with Crippen LogP contribution in [0.5, 0.6) is 0 Å². The molecule has 2 aromatic rings. The van der Waals surface area contributed by atoms with E-state index in [-0.39, 0.29) is 0 Å². The average Bonchev–Trinajstić information content (AvgIpc) is 2.48. The molecule has 0 unspecified atom stereocenters. The molecule has 1 aliphatic heterocycles. The summed E-state index contributed by atoms with van der Waals surface area (Å²) >= 11 is 0. The van der Waals surface area contributed by atoms with Crippen molar-refractivity contribution < 1.29 is 4.39 Å². The molecule has 3 rings (SSSR count). The van der Waals surface area contributed by atoms with Crippen molar-refractivity contribution in [1.29, 1.82) is 0 Å². The molecule has 104 valence electrons. The Hall–Kier alpha value is -2.17. The second-order valence-electron chi connectivity index (χ2n) is 5.03. The Kier molecular flexibility index (Phi) is 3.50. The number of hydrogen-bond acceptors (Lipinski definition) is 4. The number of anilines is 2. The van der Waals surface area contributed by atoms with Gasteiger partial charge in [0.15, 0.2) is 5.82 Å². The van der Waals surface area contributed by atoms with E-state index in [1.54, 1.807) is 6.07 Å². The summed E-state index contributed by atoms with van der Waals surface area (Å²) in [6.45, 7) is 5.71. The third kappa shape index (κ3) is 2.71. The lowest BCUT2D eigenvalue weighted by Crippen LogP contribution is -2.46. The van der Waals surface area contributed by atoms with Gasteiger partial charge >= 0.3 is 0 Å². The molecule has 2 heterocycles. The maximum Gasteiger partial charge on any atom is 0.233 e. The summed E-state index contributed by atoms with van der Waals surface area (Å²) in [4.78, 5) is 4.50. The smallest absolute Gasteiger partial charge is 0.233 e. The predicted molar refractivity (Wildman–Crippen MR) is 77.6 cm³/mol. The van der Waals surface area contributed by atoms with Crippen LogP contribution in [0, 0.1) is 12.9 Å². The van der Waals surface area contributed by atoms with Gasteiger partial charge < -0.3 is 9.80 Å². The molecule has 5 heteroatoms. The van der Waals surface area contributed by atoms with Crippen molar-refractivity contribution in [3.05, 3.63) is 47.9 Å². The van der Waals surface area contributed by atoms with Crippen molar-refractivity contribution in [2.24, 2.45) is 0 Å². The summed E-state index contributed by atoms with van der Waals surface area (Å²) < 4.78 is 12.8. The predicted octanol–water partition coefficient (Wildman–Crippen LogP) is 2.25. The Labute approximate surface area is 117 Å². The van der Waals surface area contributed by atoms with E-state index < -0.39 is 5.95 Å². The van der Waals surface area contributed by atoms with E-state index in [1.807, 2.05) is 0 Å². The number of hydrogen-bond donors (Lipinski definition) is 0. The Morgan fingerprint density at radius 3 is 2.35 bits per heavy atom. The molecule has 1 saturated heterocycles. The maximum absolute atomic E-state index is 12.8. The quantitative estimate of drug-likeness (QED) is 0.839. The zero-order valence-corrected chi connectivity index (χ0v) is 11.5. The summed E-state index contributed by atoms with van der Waals surface area (Å²) in [7, 11) is 0. The lowest BCUT2D eigenvalue weighted by molar-refractivity contribution is 0.558. The molecule has 0 spiro atoms. The van der Waals surface area contributed by atoms with E-state index in [1.165, 1.54) is 17.3 Å². The van der Waals surface area contributed by atoms with Gasteiger partial charge in [-0.05, 0) is 36.8 Å². The molecule has 20 heavy (non-hydrogen) atoms. The van der Waals surface area contributed by atoms with Crippen LogP contribution in [-0.2, 0) is 0 Å². The normalized spacial score (nSPS) is 15.5. The van der Waals surface area contributed by atoms with E-state index in [0.29, 0.717) is 0 Å². The van der Waals surface area contributed by atoms with E-state index in [4.69, 9.17) is 0 Å². The molecular weight excluding hydrogens is 255 g/mol. The van der Waals surface area contributed by atoms with Crippen LogP contribution >= 0.6 is 0 Å². The van der Waals surface area contributed by atoms with Crippen LogP contribution in [0.15, 0.2) is 36.4 Å². The highest BCUT2D eigenvalue weighted by Crippen LogP contribution is 2.19. The van der Waals surface area contributed by atoms with Crippen LogP contribution in [0.25, 0.3) is 0 Å². The number of aromatic nitrogens is 2. The Bertz CT molecular complexity index is 577. The van der Waals surface area contributed by atoms with Crippen molar-refractivity contribution >= 4 is 11.5 Å². The summed E-state index contributed by atoms with van der Waals surface area (Å²) in [5.74, 6) is 0.211. The van der Waals surface area contributed by atoms with Gasteiger partial charge in [0.2, 0.25) is 5.95 Å². The minimum absolute atomic E-state index is 0.535. The summed E-state index contributed by atoms with van der Waals surface area (Å²) in [5.41, 5.74) is 2.53. The lowest BCUT2D eigenvalue weighted by Gasteiger charge is -2.36. The van der Waals surface area contributed by atoms with Crippen molar-refractivity contribution in [3.8, 4) is 0 Å². The van der Waals surface area contributed by atoms with Gasteiger partial charge in [-0.25, -0.2) is 0 Å². The number of halogens is 1. The lowest BCUT2D eigenvalue weighted by atomic mass is 10.2. The molecule has 0 aliphatic carbocycles. The fourth-order valence-corrected chi connectivity index (χ4v) is 2.50. The Morgan fingerprint density at radius 1 is 0.950 bits per heavy atom. The van der Waals surface area contributed by atoms with Gasteiger partial charge in [-0.15, -0.1) is 10.2 Å². The highest BCUT2D eigenvalue weighted by molar-refractivity contribution is 5.50. The molecule has 0 saturated carbocycles. The fraction of sp³-hybridized carbons (Fsp3) is 0.333. The second-order valence-corrected chi connectivity index (χ2v) is 5.03. The van der Waals surface area contributed by atoms with Gasteiger partial charge in [-0.3, -0.25) is 0 Å². The first-order chi connectivity index (χ1) is 9.72. The molecule has 1 aromatic carbocycles. The summed E-state index contributed by atoms with van der Waals surface area (Å²) in [6, 6.07) is 11.6. The third-order valence-corrected chi connectivity index (χ3v) is 3.59. The zero-order chi connectivity index (χ0) is 13.9.